The van der Waals surface area contributed by atoms with Crippen LogP contribution in [0.3, 0.4) is 0 Å². The molecule has 1 rings (SSSR count). The molecule has 0 aliphatic rings. The number of hydrogen-bond acceptors (Lipinski definition) is 2. The number of thiocarbonyl (C=S) groups is 1. The Bertz CT molecular complexity index is 228. The first-order chi connectivity index (χ1) is 4.20. The Morgan fingerprint density at radius 1 is 1.89 bits per heavy atom. The standard InChI is InChI=1S/C5H7N3S/c1-8-3-4(2-7-8)5(6)9/h2-3H,1H3,(H2,6,9). The van der Waals surface area contributed by atoms with E-state index < -0.39 is 0 Å². The highest BCUT2D eigenvalue weighted by atomic mass is 32.1. The number of aryl methyl sites for hydroxylation is 1. The van der Waals surface area contributed by atoms with Crippen LogP contribution in [0.4, 0.5) is 0 Å². The molecule has 0 aliphatic heterocycles. The van der Waals surface area contributed by atoms with Crippen LogP contribution in [0.5, 0.6) is 0 Å². The van der Waals surface area contributed by atoms with E-state index in [-0.39, 0.29) is 0 Å². The minimum atomic E-state index is 0.392. The maximum absolute atomic E-state index is 5.31. The lowest BCUT2D eigenvalue weighted by Crippen LogP contribution is -2.07. The van der Waals surface area contributed by atoms with Crippen molar-refractivity contribution in [2.24, 2.45) is 12.8 Å². The van der Waals surface area contributed by atoms with Gasteiger partial charge in [-0.05, 0) is 0 Å². The summed E-state index contributed by atoms with van der Waals surface area (Å²) in [5.41, 5.74) is 6.12. The molecule has 0 bridgehead atoms. The lowest BCUT2D eigenvalue weighted by molar-refractivity contribution is 0.767. The first kappa shape index (κ1) is 6.22. The molecule has 3 nitrogen and oxygen atoms in total. The molecule has 0 radical (unpaired) electrons. The average Bonchev–Trinajstić information content (AvgIpc) is 2.14. The van der Waals surface area contributed by atoms with E-state index >= 15 is 0 Å². The third-order valence-electron chi connectivity index (χ3n) is 0.989. The lowest BCUT2D eigenvalue weighted by Gasteiger charge is -1.85. The summed E-state index contributed by atoms with van der Waals surface area (Å²) >= 11 is 4.70. The van der Waals surface area contributed by atoms with Crippen LogP contribution in [0.2, 0.25) is 0 Å². The molecule has 1 aromatic heterocycles. The third-order valence-corrected chi connectivity index (χ3v) is 1.23. The van der Waals surface area contributed by atoms with E-state index in [1.165, 1.54) is 0 Å². The van der Waals surface area contributed by atoms with Gasteiger partial charge in [0.25, 0.3) is 0 Å². The minimum absolute atomic E-state index is 0.392. The molecule has 9 heavy (non-hydrogen) atoms. The maximum Gasteiger partial charge on any atom is 0.107 e. The largest absolute Gasteiger partial charge is 0.389 e. The number of aromatic nitrogens is 2. The highest BCUT2D eigenvalue weighted by Crippen LogP contribution is 1.93. The van der Waals surface area contributed by atoms with Gasteiger partial charge in [0.15, 0.2) is 0 Å². The molecule has 0 unspecified atom stereocenters. The van der Waals surface area contributed by atoms with Gasteiger partial charge < -0.3 is 5.73 Å². The van der Waals surface area contributed by atoms with Gasteiger partial charge in [-0.3, -0.25) is 4.68 Å². The number of nitrogens with two attached hydrogens (primary N) is 1. The molecule has 0 atom stereocenters. The molecule has 0 aromatic carbocycles. The molecule has 4 heteroatoms. The monoisotopic (exact) mass is 141 g/mol. The van der Waals surface area contributed by atoms with Crippen molar-refractivity contribution in [3.63, 3.8) is 0 Å². The van der Waals surface area contributed by atoms with Crippen LogP contribution in [0.1, 0.15) is 5.56 Å². The van der Waals surface area contributed by atoms with Crippen molar-refractivity contribution in [2.45, 2.75) is 0 Å². The van der Waals surface area contributed by atoms with Gasteiger partial charge in [0, 0.05) is 18.8 Å². The second kappa shape index (κ2) is 2.14. The molecule has 2 N–H and O–H groups in total. The Kier molecular flexibility index (Phi) is 1.48. The summed E-state index contributed by atoms with van der Waals surface area (Å²) in [6, 6.07) is 0. The quantitative estimate of drug-likeness (QED) is 0.562. The molecule has 0 saturated heterocycles. The van der Waals surface area contributed by atoms with Gasteiger partial charge in [-0.25, -0.2) is 0 Å². The van der Waals surface area contributed by atoms with Crippen molar-refractivity contribution in [1.29, 1.82) is 0 Å². The second-order valence-corrected chi connectivity index (χ2v) is 2.21. The first-order valence-electron chi connectivity index (χ1n) is 2.48. The maximum atomic E-state index is 5.31. The van der Waals surface area contributed by atoms with Crippen LogP contribution < -0.4 is 5.73 Å². The summed E-state index contributed by atoms with van der Waals surface area (Å²) in [5, 5.41) is 3.89. The number of rotatable bonds is 1. The van der Waals surface area contributed by atoms with Crippen molar-refractivity contribution < 1.29 is 0 Å². The van der Waals surface area contributed by atoms with Crippen molar-refractivity contribution in [3.8, 4) is 0 Å². The van der Waals surface area contributed by atoms with Gasteiger partial charge in [0.1, 0.15) is 4.99 Å². The molecule has 0 aliphatic carbocycles. The second-order valence-electron chi connectivity index (χ2n) is 1.77. The summed E-state index contributed by atoms with van der Waals surface area (Å²) in [4.78, 5) is 0.392. The molecule has 0 saturated carbocycles. The van der Waals surface area contributed by atoms with Crippen LogP contribution in [-0.4, -0.2) is 14.8 Å². The highest BCUT2D eigenvalue weighted by molar-refractivity contribution is 7.80. The minimum Gasteiger partial charge on any atom is -0.389 e. The van der Waals surface area contributed by atoms with Crippen LogP contribution in [0, 0.1) is 0 Å². The molecular weight excluding hydrogens is 134 g/mol. The normalized spacial score (nSPS) is 9.44. The van der Waals surface area contributed by atoms with Crippen molar-refractivity contribution in [1.82, 2.24) is 9.78 Å². The van der Waals surface area contributed by atoms with E-state index in [2.05, 4.69) is 5.10 Å². The van der Waals surface area contributed by atoms with Gasteiger partial charge in [-0.1, -0.05) is 12.2 Å². The molecular formula is C5H7N3S. The fourth-order valence-electron chi connectivity index (χ4n) is 0.548. The van der Waals surface area contributed by atoms with Gasteiger partial charge in [-0.15, -0.1) is 0 Å². The summed E-state index contributed by atoms with van der Waals surface area (Å²) < 4.78 is 1.66. The predicted molar refractivity (Wildman–Crippen MR) is 39.1 cm³/mol. The van der Waals surface area contributed by atoms with Crippen molar-refractivity contribution in [3.05, 3.63) is 18.0 Å². The highest BCUT2D eigenvalue weighted by Gasteiger charge is 1.95. The predicted octanol–water partition coefficient (Wildman–Crippen LogP) is 0.0543. The summed E-state index contributed by atoms with van der Waals surface area (Å²) in [5.74, 6) is 0. The fraction of sp³-hybridized carbons (Fsp3) is 0.200. The smallest absolute Gasteiger partial charge is 0.107 e. The molecule has 0 spiro atoms. The van der Waals surface area contributed by atoms with E-state index in [0.29, 0.717) is 4.99 Å². The summed E-state index contributed by atoms with van der Waals surface area (Å²) in [7, 11) is 1.82. The zero-order valence-corrected chi connectivity index (χ0v) is 5.85. The molecule has 1 heterocycles. The first-order valence-corrected chi connectivity index (χ1v) is 2.89. The molecule has 0 amide bonds. The van der Waals surface area contributed by atoms with Gasteiger partial charge in [0.2, 0.25) is 0 Å². The Balaban J connectivity index is 2.98. The lowest BCUT2D eigenvalue weighted by atomic mass is 10.4. The Morgan fingerprint density at radius 2 is 2.56 bits per heavy atom. The van der Waals surface area contributed by atoms with E-state index in [1.807, 2.05) is 7.05 Å². The molecule has 48 valence electrons. The van der Waals surface area contributed by atoms with Gasteiger partial charge in [-0.2, -0.15) is 5.10 Å². The zero-order chi connectivity index (χ0) is 6.85. The fourth-order valence-corrected chi connectivity index (χ4v) is 0.654. The van der Waals surface area contributed by atoms with E-state index in [0.717, 1.165) is 5.56 Å². The van der Waals surface area contributed by atoms with E-state index in [1.54, 1.807) is 17.1 Å². The van der Waals surface area contributed by atoms with Crippen LogP contribution in [-0.2, 0) is 7.05 Å². The third kappa shape index (κ3) is 1.26. The van der Waals surface area contributed by atoms with Crippen molar-refractivity contribution >= 4 is 17.2 Å². The molecule has 0 fully saturated rings. The van der Waals surface area contributed by atoms with Crippen LogP contribution >= 0.6 is 12.2 Å². The Labute approximate surface area is 58.5 Å². The SMILES string of the molecule is Cn1cc(C(N)=S)cn1. The Hall–Kier alpha value is -0.900. The van der Waals surface area contributed by atoms with E-state index in [9.17, 15) is 0 Å². The topological polar surface area (TPSA) is 43.8 Å². The van der Waals surface area contributed by atoms with Crippen LogP contribution in [0.25, 0.3) is 0 Å². The molecule has 1 aromatic rings. The van der Waals surface area contributed by atoms with Crippen molar-refractivity contribution in [2.75, 3.05) is 0 Å². The number of nitrogens with zero attached hydrogens (tertiary/aromatic N) is 2. The number of hydrogen-bond donors (Lipinski definition) is 1. The van der Waals surface area contributed by atoms with E-state index in [4.69, 9.17) is 18.0 Å². The zero-order valence-electron chi connectivity index (χ0n) is 5.03. The van der Waals surface area contributed by atoms with Gasteiger partial charge in [0.05, 0.1) is 6.20 Å². The Morgan fingerprint density at radius 3 is 2.78 bits per heavy atom. The van der Waals surface area contributed by atoms with Crippen LogP contribution in [0.15, 0.2) is 12.4 Å². The summed E-state index contributed by atoms with van der Waals surface area (Å²) in [6.45, 7) is 0. The average molecular weight is 141 g/mol. The summed E-state index contributed by atoms with van der Waals surface area (Å²) in [6.07, 6.45) is 3.42. The van der Waals surface area contributed by atoms with Gasteiger partial charge >= 0.3 is 0 Å².